The first-order valence-electron chi connectivity index (χ1n) is 8.44. The number of nitrogens with zero attached hydrogens (tertiary/aromatic N) is 5. The average molecular weight is 355 g/mol. The summed E-state index contributed by atoms with van der Waals surface area (Å²) in [5.74, 6) is -1.42. The number of anilines is 1. The number of amidine groups is 1. The third-order valence-electron chi connectivity index (χ3n) is 4.64. The first kappa shape index (κ1) is 17.9. The highest BCUT2D eigenvalue weighted by Crippen LogP contribution is 2.23. The van der Waals surface area contributed by atoms with Crippen LogP contribution in [0.25, 0.3) is 0 Å². The van der Waals surface area contributed by atoms with Gasteiger partial charge in [0.15, 0.2) is 5.92 Å². The number of carbonyl (C=O) groups excluding carboxylic acids is 2. The van der Waals surface area contributed by atoms with Crippen molar-refractivity contribution >= 4 is 23.5 Å². The molecule has 2 aliphatic heterocycles. The summed E-state index contributed by atoms with van der Waals surface area (Å²) in [4.78, 5) is 33.3. The molecule has 0 radical (unpaired) electrons. The fraction of sp³-hybridized carbons (Fsp3) is 0.444. The van der Waals surface area contributed by atoms with E-state index in [1.807, 2.05) is 30.3 Å². The number of ether oxygens (including phenoxy) is 1. The number of hydrogen-bond donors (Lipinski definition) is 0. The molecule has 1 unspecified atom stereocenters. The number of imide groups is 1. The van der Waals surface area contributed by atoms with Crippen molar-refractivity contribution < 1.29 is 14.3 Å². The van der Waals surface area contributed by atoms with E-state index in [4.69, 9.17) is 4.74 Å². The highest BCUT2D eigenvalue weighted by molar-refractivity contribution is 6.19. The first-order chi connectivity index (χ1) is 12.5. The molecule has 136 valence electrons. The maximum absolute atomic E-state index is 12.2. The molecule has 1 aromatic carbocycles. The molecule has 1 atom stereocenters. The Bertz CT molecular complexity index is 779. The van der Waals surface area contributed by atoms with Gasteiger partial charge in [-0.1, -0.05) is 18.2 Å². The Balaban J connectivity index is 1.88. The second kappa shape index (κ2) is 7.54. The minimum absolute atomic E-state index is 0.192. The Kier molecular flexibility index (Phi) is 5.19. The number of morpholine rings is 1. The van der Waals surface area contributed by atoms with Gasteiger partial charge in [-0.05, 0) is 11.6 Å². The molecule has 0 saturated carbocycles. The second-order valence-electron chi connectivity index (χ2n) is 6.20. The number of nitriles is 1. The van der Waals surface area contributed by atoms with E-state index in [0.29, 0.717) is 13.2 Å². The molecule has 8 heteroatoms. The highest BCUT2D eigenvalue weighted by Gasteiger charge is 2.40. The summed E-state index contributed by atoms with van der Waals surface area (Å²) in [6, 6.07) is 9.36. The van der Waals surface area contributed by atoms with Gasteiger partial charge in [-0.3, -0.25) is 19.6 Å². The Morgan fingerprint density at radius 3 is 2.58 bits per heavy atom. The summed E-state index contributed by atoms with van der Waals surface area (Å²) in [5, 5.41) is 9.37. The predicted molar refractivity (Wildman–Crippen MR) is 95.6 cm³/mol. The van der Waals surface area contributed by atoms with Crippen molar-refractivity contribution in [3.05, 3.63) is 29.8 Å². The van der Waals surface area contributed by atoms with Crippen LogP contribution >= 0.6 is 0 Å². The van der Waals surface area contributed by atoms with Crippen LogP contribution in [-0.2, 0) is 16.1 Å². The van der Waals surface area contributed by atoms with Gasteiger partial charge in [0.05, 0.1) is 25.8 Å². The van der Waals surface area contributed by atoms with Crippen LogP contribution in [0.4, 0.5) is 10.5 Å². The molecular weight excluding hydrogens is 334 g/mol. The summed E-state index contributed by atoms with van der Waals surface area (Å²) in [7, 11) is 2.90. The van der Waals surface area contributed by atoms with E-state index >= 15 is 0 Å². The zero-order valence-corrected chi connectivity index (χ0v) is 14.9. The lowest BCUT2D eigenvalue weighted by molar-refractivity contribution is -0.129. The van der Waals surface area contributed by atoms with Crippen LogP contribution < -0.4 is 4.90 Å². The summed E-state index contributed by atoms with van der Waals surface area (Å²) in [6.45, 7) is 3.25. The molecule has 3 amide bonds. The summed E-state index contributed by atoms with van der Waals surface area (Å²) >= 11 is 0. The van der Waals surface area contributed by atoms with Crippen molar-refractivity contribution in [3.63, 3.8) is 0 Å². The average Bonchev–Trinajstić information content (AvgIpc) is 2.69. The molecule has 8 nitrogen and oxygen atoms in total. The molecule has 2 aliphatic rings. The van der Waals surface area contributed by atoms with E-state index in [9.17, 15) is 14.9 Å². The van der Waals surface area contributed by atoms with Crippen LogP contribution in [0.15, 0.2) is 29.3 Å². The fourth-order valence-electron chi connectivity index (χ4n) is 3.15. The number of hydrogen-bond acceptors (Lipinski definition) is 6. The van der Waals surface area contributed by atoms with E-state index in [2.05, 4.69) is 9.89 Å². The molecule has 2 fully saturated rings. The van der Waals surface area contributed by atoms with Gasteiger partial charge < -0.3 is 9.64 Å². The van der Waals surface area contributed by atoms with E-state index < -0.39 is 17.9 Å². The zero-order valence-electron chi connectivity index (χ0n) is 14.9. The van der Waals surface area contributed by atoms with Crippen molar-refractivity contribution in [2.75, 3.05) is 45.3 Å². The van der Waals surface area contributed by atoms with E-state index in [0.717, 1.165) is 29.2 Å². The number of benzene rings is 1. The van der Waals surface area contributed by atoms with Crippen LogP contribution in [0.2, 0.25) is 0 Å². The third kappa shape index (κ3) is 3.26. The number of urea groups is 1. The lowest BCUT2D eigenvalue weighted by Gasteiger charge is -2.33. The smallest absolute Gasteiger partial charge is 0.331 e. The van der Waals surface area contributed by atoms with Gasteiger partial charge in [-0.2, -0.15) is 5.26 Å². The monoisotopic (exact) mass is 355 g/mol. The molecule has 0 aliphatic carbocycles. The van der Waals surface area contributed by atoms with E-state index in [1.54, 1.807) is 0 Å². The van der Waals surface area contributed by atoms with E-state index in [-0.39, 0.29) is 12.4 Å². The van der Waals surface area contributed by atoms with Crippen molar-refractivity contribution in [3.8, 4) is 6.07 Å². The predicted octanol–water partition coefficient (Wildman–Crippen LogP) is 1.09. The number of amides is 3. The molecule has 0 aromatic heterocycles. The lowest BCUT2D eigenvalue weighted by atomic mass is 10.1. The van der Waals surface area contributed by atoms with Gasteiger partial charge in [0.1, 0.15) is 5.84 Å². The van der Waals surface area contributed by atoms with Crippen molar-refractivity contribution in [2.45, 2.75) is 6.54 Å². The van der Waals surface area contributed by atoms with E-state index in [1.165, 1.54) is 19.0 Å². The van der Waals surface area contributed by atoms with Gasteiger partial charge in [0, 0.05) is 32.9 Å². The Labute approximate surface area is 152 Å². The molecule has 2 saturated heterocycles. The Morgan fingerprint density at radius 1 is 1.19 bits per heavy atom. The van der Waals surface area contributed by atoms with Gasteiger partial charge in [-0.25, -0.2) is 4.79 Å². The quantitative estimate of drug-likeness (QED) is 0.810. The van der Waals surface area contributed by atoms with Crippen LogP contribution in [0.1, 0.15) is 5.56 Å². The number of para-hydroxylation sites is 1. The van der Waals surface area contributed by atoms with Crippen LogP contribution in [0.5, 0.6) is 0 Å². The first-order valence-corrected chi connectivity index (χ1v) is 8.44. The summed E-state index contributed by atoms with van der Waals surface area (Å²) < 4.78 is 5.40. The zero-order chi connectivity index (χ0) is 18.7. The number of aliphatic imine (C=N–C) groups is 1. The molecule has 3 rings (SSSR count). The molecule has 2 heterocycles. The molecule has 26 heavy (non-hydrogen) atoms. The van der Waals surface area contributed by atoms with Gasteiger partial charge in [0.25, 0.3) is 5.91 Å². The van der Waals surface area contributed by atoms with Crippen LogP contribution in [0, 0.1) is 17.2 Å². The molecule has 1 aromatic rings. The van der Waals surface area contributed by atoms with Crippen molar-refractivity contribution in [1.82, 2.24) is 9.80 Å². The summed E-state index contributed by atoms with van der Waals surface area (Å²) in [5.41, 5.74) is 2.03. The van der Waals surface area contributed by atoms with Gasteiger partial charge in [-0.15, -0.1) is 0 Å². The fourth-order valence-corrected chi connectivity index (χ4v) is 3.15. The molecule has 0 bridgehead atoms. The van der Waals surface area contributed by atoms with Gasteiger partial charge >= 0.3 is 6.03 Å². The Hall–Kier alpha value is -2.92. The van der Waals surface area contributed by atoms with Gasteiger partial charge in [0.2, 0.25) is 0 Å². The third-order valence-corrected chi connectivity index (χ3v) is 4.64. The topological polar surface area (TPSA) is 89.2 Å². The maximum atomic E-state index is 12.2. The molecule has 0 N–H and O–H groups in total. The number of rotatable bonds is 3. The van der Waals surface area contributed by atoms with Crippen molar-refractivity contribution in [2.24, 2.45) is 10.9 Å². The van der Waals surface area contributed by atoms with Crippen molar-refractivity contribution in [1.29, 1.82) is 5.26 Å². The standard InChI is InChI=1S/C18H21N5O3/c1-21-16(14(11-19)17(24)22(2)18(21)25)20-12-13-5-3-4-6-15(13)23-7-9-26-10-8-23/h3-6,14H,7-10,12H2,1-2H3. The maximum Gasteiger partial charge on any atom is 0.331 e. The highest BCUT2D eigenvalue weighted by atomic mass is 16.5. The molecular formula is C18H21N5O3. The largest absolute Gasteiger partial charge is 0.378 e. The van der Waals surface area contributed by atoms with Crippen LogP contribution in [-0.4, -0.2) is 68.0 Å². The number of carbonyl (C=O) groups is 2. The minimum Gasteiger partial charge on any atom is -0.378 e. The second-order valence-corrected chi connectivity index (χ2v) is 6.20. The Morgan fingerprint density at radius 2 is 1.88 bits per heavy atom. The van der Waals surface area contributed by atoms with Crippen LogP contribution in [0.3, 0.4) is 0 Å². The molecule has 0 spiro atoms. The minimum atomic E-state index is -1.07. The summed E-state index contributed by atoms with van der Waals surface area (Å²) in [6.07, 6.45) is 0. The lowest BCUT2D eigenvalue weighted by Crippen LogP contribution is -2.56. The normalized spacial score (nSPS) is 22.7. The SMILES string of the molecule is CN1C(=O)C(C#N)C(=NCc2ccccc2N2CCOCC2)N(C)C1=O.